The van der Waals surface area contributed by atoms with Crippen molar-refractivity contribution in [2.24, 2.45) is 23.7 Å². The van der Waals surface area contributed by atoms with Gasteiger partial charge in [-0.2, -0.15) is 0 Å². The summed E-state index contributed by atoms with van der Waals surface area (Å²) < 4.78 is 12.7. The normalized spacial score (nSPS) is 28.7. The SMILES string of the molecule is COc1cc(CNC2C3CC4CC(C3)CC2C4)c(Br)cc1OCc1ccc(Cl)c(Cl)c1. The van der Waals surface area contributed by atoms with E-state index in [0.29, 0.717) is 28.4 Å². The maximum atomic E-state index is 6.12. The van der Waals surface area contributed by atoms with Crippen molar-refractivity contribution in [2.45, 2.75) is 51.3 Å². The first kappa shape index (κ1) is 21.9. The lowest BCUT2D eigenvalue weighted by Gasteiger charge is -2.54. The van der Waals surface area contributed by atoms with Gasteiger partial charge in [-0.15, -0.1) is 0 Å². The van der Waals surface area contributed by atoms with Gasteiger partial charge in [-0.3, -0.25) is 0 Å². The summed E-state index contributed by atoms with van der Waals surface area (Å²) in [6, 6.07) is 10.3. The number of hydrogen-bond acceptors (Lipinski definition) is 3. The van der Waals surface area contributed by atoms with Crippen molar-refractivity contribution < 1.29 is 9.47 Å². The van der Waals surface area contributed by atoms with Crippen LogP contribution in [-0.4, -0.2) is 13.2 Å². The van der Waals surface area contributed by atoms with Gasteiger partial charge in [-0.05, 0) is 91.2 Å². The number of rotatable bonds is 7. The van der Waals surface area contributed by atoms with Crippen LogP contribution >= 0.6 is 39.1 Å². The molecule has 4 aliphatic carbocycles. The predicted molar refractivity (Wildman–Crippen MR) is 129 cm³/mol. The molecule has 166 valence electrons. The van der Waals surface area contributed by atoms with Gasteiger partial charge in [0.05, 0.1) is 17.2 Å². The molecule has 6 rings (SSSR count). The topological polar surface area (TPSA) is 30.5 Å². The Morgan fingerprint density at radius 2 is 1.65 bits per heavy atom. The quantitative estimate of drug-likeness (QED) is 0.413. The first-order chi connectivity index (χ1) is 15.0. The zero-order valence-corrected chi connectivity index (χ0v) is 20.8. The largest absolute Gasteiger partial charge is 0.493 e. The molecular formula is C25H28BrCl2NO2. The van der Waals surface area contributed by atoms with E-state index >= 15 is 0 Å². The monoisotopic (exact) mass is 523 g/mol. The predicted octanol–water partition coefficient (Wildman–Crippen LogP) is 7.26. The van der Waals surface area contributed by atoms with Crippen LogP contribution in [0.1, 0.15) is 43.2 Å². The average Bonchev–Trinajstić information content (AvgIpc) is 2.74. The maximum absolute atomic E-state index is 6.12. The molecule has 4 bridgehead atoms. The van der Waals surface area contributed by atoms with Crippen LogP contribution in [0.5, 0.6) is 11.5 Å². The second-order valence-electron chi connectivity index (χ2n) is 9.47. The van der Waals surface area contributed by atoms with Crippen LogP contribution in [0.15, 0.2) is 34.8 Å². The lowest BCUT2D eigenvalue weighted by Crippen LogP contribution is -2.54. The minimum absolute atomic E-state index is 0.394. The molecule has 2 aromatic carbocycles. The zero-order chi connectivity index (χ0) is 21.5. The molecule has 0 aliphatic heterocycles. The number of hydrogen-bond donors (Lipinski definition) is 1. The molecule has 0 amide bonds. The fourth-order valence-corrected chi connectivity index (χ4v) is 7.05. The minimum Gasteiger partial charge on any atom is -0.493 e. The van der Waals surface area contributed by atoms with Gasteiger partial charge in [0, 0.05) is 17.1 Å². The first-order valence-corrected chi connectivity index (χ1v) is 12.7. The van der Waals surface area contributed by atoms with Crippen LogP contribution in [-0.2, 0) is 13.2 Å². The molecule has 0 atom stereocenters. The van der Waals surface area contributed by atoms with E-state index in [0.717, 1.165) is 46.0 Å². The highest BCUT2D eigenvalue weighted by atomic mass is 79.9. The number of methoxy groups -OCH3 is 1. The lowest BCUT2D eigenvalue weighted by atomic mass is 9.54. The van der Waals surface area contributed by atoms with Gasteiger partial charge in [-0.25, -0.2) is 0 Å². The summed E-state index contributed by atoms with van der Waals surface area (Å²) in [5.74, 6) is 5.18. The summed E-state index contributed by atoms with van der Waals surface area (Å²) in [5, 5.41) is 4.98. The Morgan fingerprint density at radius 3 is 2.29 bits per heavy atom. The number of nitrogens with one attached hydrogen (secondary N) is 1. The van der Waals surface area contributed by atoms with Gasteiger partial charge < -0.3 is 14.8 Å². The maximum Gasteiger partial charge on any atom is 0.162 e. The molecule has 2 aromatic rings. The Kier molecular flexibility index (Phi) is 6.44. The highest BCUT2D eigenvalue weighted by Crippen LogP contribution is 2.53. The first-order valence-electron chi connectivity index (χ1n) is 11.2. The van der Waals surface area contributed by atoms with Crippen LogP contribution in [0, 0.1) is 23.7 Å². The second-order valence-corrected chi connectivity index (χ2v) is 11.1. The van der Waals surface area contributed by atoms with Gasteiger partial charge in [0.1, 0.15) is 6.61 Å². The smallest absolute Gasteiger partial charge is 0.162 e. The third-order valence-electron chi connectivity index (χ3n) is 7.47. The molecule has 1 N–H and O–H groups in total. The molecule has 6 heteroatoms. The standard InChI is InChI=1S/C25H28BrCl2NO2/c1-30-23-10-19(12-29-25-17-5-15-4-16(7-17)8-18(25)6-15)20(26)11-24(23)31-13-14-2-3-21(27)22(28)9-14/h2-3,9-11,15-18,25,29H,4-8,12-13H2,1H3. The summed E-state index contributed by atoms with van der Waals surface area (Å²) >= 11 is 15.9. The summed E-state index contributed by atoms with van der Waals surface area (Å²) in [7, 11) is 1.68. The Balaban J connectivity index is 1.25. The van der Waals surface area contributed by atoms with Crippen LogP contribution in [0.25, 0.3) is 0 Å². The van der Waals surface area contributed by atoms with Crippen molar-refractivity contribution in [3.63, 3.8) is 0 Å². The fourth-order valence-electron chi connectivity index (χ4n) is 6.26. The van der Waals surface area contributed by atoms with Gasteiger partial charge >= 0.3 is 0 Å². The van der Waals surface area contributed by atoms with Crippen LogP contribution in [0.2, 0.25) is 10.0 Å². The molecule has 4 fully saturated rings. The van der Waals surface area contributed by atoms with E-state index < -0.39 is 0 Å². The van der Waals surface area contributed by atoms with Crippen molar-refractivity contribution >= 4 is 39.1 Å². The second kappa shape index (κ2) is 9.13. The third kappa shape index (κ3) is 4.59. The van der Waals surface area contributed by atoms with Crippen LogP contribution in [0.4, 0.5) is 0 Å². The molecule has 0 unspecified atom stereocenters. The van der Waals surface area contributed by atoms with E-state index in [-0.39, 0.29) is 0 Å². The van der Waals surface area contributed by atoms with E-state index in [1.807, 2.05) is 18.2 Å². The molecule has 0 aromatic heterocycles. The number of benzene rings is 2. The van der Waals surface area contributed by atoms with Gasteiger partial charge in [0.15, 0.2) is 11.5 Å². The molecule has 4 saturated carbocycles. The van der Waals surface area contributed by atoms with E-state index in [2.05, 4.69) is 27.3 Å². The summed E-state index contributed by atoms with van der Waals surface area (Å²) in [6.45, 7) is 1.24. The van der Waals surface area contributed by atoms with Gasteiger partial charge in [0.25, 0.3) is 0 Å². The van der Waals surface area contributed by atoms with Crippen molar-refractivity contribution in [2.75, 3.05) is 7.11 Å². The van der Waals surface area contributed by atoms with Crippen molar-refractivity contribution in [1.82, 2.24) is 5.32 Å². The molecule has 0 heterocycles. The zero-order valence-electron chi connectivity index (χ0n) is 17.7. The third-order valence-corrected chi connectivity index (χ3v) is 8.94. The minimum atomic E-state index is 0.394. The summed E-state index contributed by atoms with van der Waals surface area (Å²) in [5.41, 5.74) is 2.16. The highest BCUT2D eigenvalue weighted by Gasteiger charge is 2.47. The van der Waals surface area contributed by atoms with Gasteiger partial charge in [-0.1, -0.05) is 45.2 Å². The average molecular weight is 525 g/mol. The van der Waals surface area contributed by atoms with Crippen molar-refractivity contribution in [3.05, 3.63) is 56.0 Å². The van der Waals surface area contributed by atoms with E-state index in [9.17, 15) is 0 Å². The fraction of sp³-hybridized carbons (Fsp3) is 0.520. The van der Waals surface area contributed by atoms with E-state index in [4.69, 9.17) is 32.7 Å². The Hall–Kier alpha value is -0.940. The van der Waals surface area contributed by atoms with Crippen molar-refractivity contribution in [1.29, 1.82) is 0 Å². The summed E-state index contributed by atoms with van der Waals surface area (Å²) in [4.78, 5) is 0. The number of halogens is 3. The molecule has 0 spiro atoms. The molecule has 4 aliphatic rings. The number of ether oxygens (including phenoxy) is 2. The highest BCUT2D eigenvalue weighted by molar-refractivity contribution is 9.10. The Labute approximate surface area is 202 Å². The summed E-state index contributed by atoms with van der Waals surface area (Å²) in [6.07, 6.45) is 7.20. The van der Waals surface area contributed by atoms with Crippen LogP contribution in [0.3, 0.4) is 0 Å². The van der Waals surface area contributed by atoms with E-state index in [1.165, 1.54) is 37.7 Å². The lowest BCUT2D eigenvalue weighted by molar-refractivity contribution is -0.0142. The molecular weight excluding hydrogens is 497 g/mol. The Morgan fingerprint density at radius 1 is 0.935 bits per heavy atom. The molecule has 31 heavy (non-hydrogen) atoms. The molecule has 0 radical (unpaired) electrons. The van der Waals surface area contributed by atoms with E-state index in [1.54, 1.807) is 13.2 Å². The molecule has 3 nitrogen and oxygen atoms in total. The van der Waals surface area contributed by atoms with Gasteiger partial charge in [0.2, 0.25) is 0 Å². The Bertz CT molecular complexity index is 939. The van der Waals surface area contributed by atoms with Crippen molar-refractivity contribution in [3.8, 4) is 11.5 Å². The molecule has 0 saturated heterocycles. The van der Waals surface area contributed by atoms with Crippen LogP contribution < -0.4 is 14.8 Å².